The Labute approximate surface area is 64.6 Å². The number of halogens is 2. The minimum Gasteiger partial charge on any atom is -0.207 e. The van der Waals surface area contributed by atoms with Crippen molar-refractivity contribution in [1.29, 1.82) is 0 Å². The van der Waals surface area contributed by atoms with Gasteiger partial charge in [0.1, 0.15) is 5.82 Å². The normalized spacial score (nSPS) is 9.90. The smallest absolute Gasteiger partial charge is 0.123 e. The summed E-state index contributed by atoms with van der Waals surface area (Å²) in [6.45, 7) is 1.85. The summed E-state index contributed by atoms with van der Waals surface area (Å²) in [4.78, 5) is 0. The maximum absolute atomic E-state index is 12.4. The highest BCUT2D eigenvalue weighted by atomic mass is 35.5. The first-order valence-electron chi connectivity index (χ1n) is 3.05. The van der Waals surface area contributed by atoms with E-state index < -0.39 is 0 Å². The summed E-state index contributed by atoms with van der Waals surface area (Å²) in [6, 6.07) is 4.61. The van der Waals surface area contributed by atoms with E-state index >= 15 is 0 Å². The Balaban J connectivity index is 3.07. The summed E-state index contributed by atoms with van der Waals surface area (Å²) in [6.07, 6.45) is 0. The fourth-order valence-corrected chi connectivity index (χ4v) is 1.11. The summed E-state index contributed by atoms with van der Waals surface area (Å²) in [5, 5.41) is 0. The van der Waals surface area contributed by atoms with Crippen molar-refractivity contribution < 1.29 is 4.39 Å². The van der Waals surface area contributed by atoms with Crippen molar-refractivity contribution in [2.45, 2.75) is 12.8 Å². The molecule has 1 aromatic carbocycles. The summed E-state index contributed by atoms with van der Waals surface area (Å²) in [5.74, 6) is 0.248. The number of aryl methyl sites for hydroxylation is 1. The van der Waals surface area contributed by atoms with E-state index in [9.17, 15) is 4.39 Å². The van der Waals surface area contributed by atoms with Crippen LogP contribution in [-0.4, -0.2) is 0 Å². The molecule has 2 heteroatoms. The second-order valence-corrected chi connectivity index (χ2v) is 2.47. The van der Waals surface area contributed by atoms with Crippen LogP contribution in [0.15, 0.2) is 18.2 Å². The van der Waals surface area contributed by atoms with Gasteiger partial charge in [0.25, 0.3) is 0 Å². The van der Waals surface area contributed by atoms with Gasteiger partial charge in [-0.25, -0.2) is 4.39 Å². The van der Waals surface area contributed by atoms with Gasteiger partial charge in [-0.2, -0.15) is 0 Å². The lowest BCUT2D eigenvalue weighted by molar-refractivity contribution is 0.626. The van der Waals surface area contributed by atoms with Crippen molar-refractivity contribution >= 4 is 11.6 Å². The lowest BCUT2D eigenvalue weighted by Gasteiger charge is -1.99. The molecule has 0 saturated heterocycles. The Bertz CT molecular complexity index is 233. The van der Waals surface area contributed by atoms with Crippen molar-refractivity contribution in [3.8, 4) is 0 Å². The predicted octanol–water partition coefficient (Wildman–Crippen LogP) is 2.87. The maximum atomic E-state index is 12.4. The summed E-state index contributed by atoms with van der Waals surface area (Å²) < 4.78 is 12.4. The highest BCUT2D eigenvalue weighted by molar-refractivity contribution is 6.17. The van der Waals surface area contributed by atoms with Gasteiger partial charge in [-0.05, 0) is 30.2 Å². The largest absolute Gasteiger partial charge is 0.207 e. The zero-order chi connectivity index (χ0) is 7.56. The molecule has 10 heavy (non-hydrogen) atoms. The number of hydrogen-bond donors (Lipinski definition) is 0. The van der Waals surface area contributed by atoms with Gasteiger partial charge in [0.05, 0.1) is 0 Å². The Hall–Kier alpha value is -0.560. The van der Waals surface area contributed by atoms with Gasteiger partial charge in [0.2, 0.25) is 0 Å². The monoisotopic (exact) mass is 158 g/mol. The van der Waals surface area contributed by atoms with Crippen LogP contribution < -0.4 is 0 Å². The third-order valence-corrected chi connectivity index (χ3v) is 1.74. The number of hydrogen-bond acceptors (Lipinski definition) is 0. The molecule has 0 radical (unpaired) electrons. The SMILES string of the molecule is Cc1cc(F)ccc1CCl. The van der Waals surface area contributed by atoms with Crippen LogP contribution in [-0.2, 0) is 5.88 Å². The summed E-state index contributed by atoms with van der Waals surface area (Å²) in [5.41, 5.74) is 1.90. The molecule has 0 aliphatic carbocycles. The molecule has 0 fully saturated rings. The van der Waals surface area contributed by atoms with E-state index in [0.29, 0.717) is 5.88 Å². The van der Waals surface area contributed by atoms with Gasteiger partial charge in [0, 0.05) is 5.88 Å². The minimum atomic E-state index is -0.202. The molecule has 0 saturated carbocycles. The lowest BCUT2D eigenvalue weighted by Crippen LogP contribution is -1.85. The van der Waals surface area contributed by atoms with Crippen LogP contribution in [0.25, 0.3) is 0 Å². The molecule has 0 N–H and O–H groups in total. The highest BCUT2D eigenvalue weighted by Crippen LogP contribution is 2.11. The minimum absolute atomic E-state index is 0.202. The van der Waals surface area contributed by atoms with Crippen molar-refractivity contribution in [1.82, 2.24) is 0 Å². The van der Waals surface area contributed by atoms with E-state index in [4.69, 9.17) is 11.6 Å². The van der Waals surface area contributed by atoms with E-state index in [0.717, 1.165) is 11.1 Å². The Morgan fingerprint density at radius 2 is 2.20 bits per heavy atom. The number of alkyl halides is 1. The quantitative estimate of drug-likeness (QED) is 0.552. The third-order valence-electron chi connectivity index (χ3n) is 1.45. The average molecular weight is 159 g/mol. The van der Waals surface area contributed by atoms with Gasteiger partial charge >= 0.3 is 0 Å². The number of rotatable bonds is 1. The molecule has 1 rings (SSSR count). The predicted molar refractivity (Wildman–Crippen MR) is 40.7 cm³/mol. The lowest BCUT2D eigenvalue weighted by atomic mass is 10.1. The Morgan fingerprint density at radius 3 is 2.70 bits per heavy atom. The van der Waals surface area contributed by atoms with Gasteiger partial charge < -0.3 is 0 Å². The van der Waals surface area contributed by atoms with Crippen molar-refractivity contribution in [2.75, 3.05) is 0 Å². The van der Waals surface area contributed by atoms with Gasteiger partial charge in [-0.1, -0.05) is 6.07 Å². The molecular weight excluding hydrogens is 151 g/mol. The average Bonchev–Trinajstić information content (AvgIpc) is 1.88. The van der Waals surface area contributed by atoms with Crippen LogP contribution >= 0.6 is 11.6 Å². The number of benzene rings is 1. The standard InChI is InChI=1S/C8H8ClF/c1-6-4-8(10)3-2-7(6)5-9/h2-4H,5H2,1H3. The summed E-state index contributed by atoms with van der Waals surface area (Å²) in [7, 11) is 0. The van der Waals surface area contributed by atoms with Gasteiger partial charge in [-0.3, -0.25) is 0 Å². The van der Waals surface area contributed by atoms with Gasteiger partial charge in [0.15, 0.2) is 0 Å². The molecule has 1 aromatic rings. The molecular formula is C8H8ClF. The topological polar surface area (TPSA) is 0 Å². The Morgan fingerprint density at radius 1 is 1.50 bits per heavy atom. The second-order valence-electron chi connectivity index (χ2n) is 2.20. The molecule has 54 valence electrons. The van der Waals surface area contributed by atoms with Gasteiger partial charge in [-0.15, -0.1) is 11.6 Å². The zero-order valence-electron chi connectivity index (χ0n) is 5.70. The molecule has 0 nitrogen and oxygen atoms in total. The zero-order valence-corrected chi connectivity index (χ0v) is 6.45. The summed E-state index contributed by atoms with van der Waals surface area (Å²) >= 11 is 5.56. The van der Waals surface area contributed by atoms with Crippen molar-refractivity contribution in [3.63, 3.8) is 0 Å². The fraction of sp³-hybridized carbons (Fsp3) is 0.250. The van der Waals surface area contributed by atoms with E-state index in [1.807, 2.05) is 6.92 Å². The third kappa shape index (κ3) is 1.48. The van der Waals surface area contributed by atoms with Crippen LogP contribution in [0.2, 0.25) is 0 Å². The van der Waals surface area contributed by atoms with E-state index in [1.165, 1.54) is 12.1 Å². The first-order chi connectivity index (χ1) is 4.74. The molecule has 0 bridgehead atoms. The second kappa shape index (κ2) is 3.02. The maximum Gasteiger partial charge on any atom is 0.123 e. The van der Waals surface area contributed by atoms with Crippen LogP contribution in [0.1, 0.15) is 11.1 Å². The van der Waals surface area contributed by atoms with Crippen LogP contribution in [0.4, 0.5) is 4.39 Å². The first kappa shape index (κ1) is 7.55. The molecule has 0 aliphatic heterocycles. The highest BCUT2D eigenvalue weighted by Gasteiger charge is 1.96. The molecule has 0 heterocycles. The Kier molecular flexibility index (Phi) is 2.28. The first-order valence-corrected chi connectivity index (χ1v) is 3.58. The van der Waals surface area contributed by atoms with Crippen LogP contribution in [0.3, 0.4) is 0 Å². The van der Waals surface area contributed by atoms with Crippen molar-refractivity contribution in [2.24, 2.45) is 0 Å². The molecule has 0 unspecified atom stereocenters. The molecule has 0 amide bonds. The van der Waals surface area contributed by atoms with Crippen LogP contribution in [0, 0.1) is 12.7 Å². The molecule has 0 aliphatic rings. The van der Waals surface area contributed by atoms with E-state index in [1.54, 1.807) is 6.07 Å². The van der Waals surface area contributed by atoms with Crippen molar-refractivity contribution in [3.05, 3.63) is 35.1 Å². The van der Waals surface area contributed by atoms with E-state index in [-0.39, 0.29) is 5.82 Å². The van der Waals surface area contributed by atoms with E-state index in [2.05, 4.69) is 0 Å². The van der Waals surface area contributed by atoms with Crippen LogP contribution in [0.5, 0.6) is 0 Å². The molecule has 0 atom stereocenters. The molecule has 0 aromatic heterocycles. The molecule has 0 spiro atoms. The fourth-order valence-electron chi connectivity index (χ4n) is 0.809.